The smallest absolute Gasteiger partial charge is 0.257 e. The lowest BCUT2D eigenvalue weighted by molar-refractivity contribution is 0.0773. The summed E-state index contributed by atoms with van der Waals surface area (Å²) in [6.45, 7) is 7.27. The summed E-state index contributed by atoms with van der Waals surface area (Å²) in [7, 11) is 0. The predicted octanol–water partition coefficient (Wildman–Crippen LogP) is 5.06. The molecular formula is C22H28N2O2S. The number of hydrogen-bond acceptors (Lipinski definition) is 3. The Hall–Kier alpha value is -2.14. The molecule has 0 radical (unpaired) electrons. The summed E-state index contributed by atoms with van der Waals surface area (Å²) in [4.78, 5) is 29.2. The SMILES string of the molecule is CCN(CC)C(=O)c1c(NC(=O)c2ccccc2C)sc2c1CCCCC2. The summed E-state index contributed by atoms with van der Waals surface area (Å²) in [5.74, 6) is -0.0995. The van der Waals surface area contributed by atoms with Crippen molar-refractivity contribution in [3.63, 3.8) is 0 Å². The maximum absolute atomic E-state index is 13.2. The van der Waals surface area contributed by atoms with E-state index >= 15 is 0 Å². The van der Waals surface area contributed by atoms with Gasteiger partial charge in [-0.05, 0) is 63.6 Å². The summed E-state index contributed by atoms with van der Waals surface area (Å²) in [6.07, 6.45) is 5.38. The minimum absolute atomic E-state index is 0.0412. The van der Waals surface area contributed by atoms with Gasteiger partial charge in [0.1, 0.15) is 5.00 Å². The molecule has 3 rings (SSSR count). The summed E-state index contributed by atoms with van der Waals surface area (Å²) in [6, 6.07) is 7.55. The Morgan fingerprint density at radius 3 is 2.48 bits per heavy atom. The molecule has 0 aliphatic heterocycles. The first-order valence-corrected chi connectivity index (χ1v) is 10.7. The number of nitrogens with zero attached hydrogens (tertiary/aromatic N) is 1. The highest BCUT2D eigenvalue weighted by molar-refractivity contribution is 7.17. The Labute approximate surface area is 165 Å². The van der Waals surface area contributed by atoms with E-state index in [-0.39, 0.29) is 11.8 Å². The number of carbonyl (C=O) groups is 2. The Morgan fingerprint density at radius 1 is 1.07 bits per heavy atom. The van der Waals surface area contributed by atoms with Gasteiger partial charge in [-0.15, -0.1) is 11.3 Å². The average Bonchev–Trinajstić information content (AvgIpc) is 2.83. The van der Waals surface area contributed by atoms with Crippen molar-refractivity contribution in [3.8, 4) is 0 Å². The number of hydrogen-bond donors (Lipinski definition) is 1. The maximum atomic E-state index is 13.2. The second kappa shape index (κ2) is 8.70. The van der Waals surface area contributed by atoms with Gasteiger partial charge in [0.2, 0.25) is 0 Å². The molecule has 27 heavy (non-hydrogen) atoms. The minimum atomic E-state index is -0.141. The molecule has 0 atom stereocenters. The zero-order valence-corrected chi connectivity index (χ0v) is 17.2. The highest BCUT2D eigenvalue weighted by atomic mass is 32.1. The van der Waals surface area contributed by atoms with Gasteiger partial charge in [0.05, 0.1) is 5.56 Å². The van der Waals surface area contributed by atoms with Crippen molar-refractivity contribution >= 4 is 28.2 Å². The van der Waals surface area contributed by atoms with Crippen molar-refractivity contribution in [2.24, 2.45) is 0 Å². The van der Waals surface area contributed by atoms with Gasteiger partial charge < -0.3 is 10.2 Å². The molecule has 1 aliphatic rings. The van der Waals surface area contributed by atoms with Crippen LogP contribution in [0.5, 0.6) is 0 Å². The van der Waals surface area contributed by atoms with Crippen LogP contribution in [0, 0.1) is 6.92 Å². The topological polar surface area (TPSA) is 49.4 Å². The number of nitrogens with one attached hydrogen (secondary N) is 1. The Balaban J connectivity index is 2.00. The van der Waals surface area contributed by atoms with Gasteiger partial charge in [0.15, 0.2) is 0 Å². The molecule has 1 aromatic carbocycles. The van der Waals surface area contributed by atoms with Gasteiger partial charge >= 0.3 is 0 Å². The van der Waals surface area contributed by atoms with Crippen molar-refractivity contribution in [2.75, 3.05) is 18.4 Å². The van der Waals surface area contributed by atoms with Crippen LogP contribution in [0.4, 0.5) is 5.00 Å². The van der Waals surface area contributed by atoms with E-state index in [1.165, 1.54) is 11.3 Å². The second-order valence-electron chi connectivity index (χ2n) is 7.02. The number of benzene rings is 1. The zero-order valence-electron chi connectivity index (χ0n) is 16.4. The third-order valence-electron chi connectivity index (χ3n) is 5.30. The molecule has 0 fully saturated rings. The van der Waals surface area contributed by atoms with Crippen molar-refractivity contribution in [3.05, 3.63) is 51.4 Å². The van der Waals surface area contributed by atoms with E-state index in [0.29, 0.717) is 23.7 Å². The molecule has 144 valence electrons. The lowest BCUT2D eigenvalue weighted by Crippen LogP contribution is -2.31. The monoisotopic (exact) mass is 384 g/mol. The van der Waals surface area contributed by atoms with E-state index in [9.17, 15) is 9.59 Å². The number of carbonyl (C=O) groups excluding carboxylic acids is 2. The fourth-order valence-corrected chi connectivity index (χ4v) is 5.00. The normalized spacial score (nSPS) is 13.6. The standard InChI is InChI=1S/C22H28N2O2S/c1-4-24(5-2)22(26)19-17-13-7-6-8-14-18(17)27-21(19)23-20(25)16-12-10-9-11-15(16)3/h9-12H,4-8,13-14H2,1-3H3,(H,23,25). The highest BCUT2D eigenvalue weighted by Gasteiger charge is 2.28. The van der Waals surface area contributed by atoms with Crippen molar-refractivity contribution < 1.29 is 9.59 Å². The first-order chi connectivity index (χ1) is 13.1. The van der Waals surface area contributed by atoms with Crippen LogP contribution in [0.1, 0.15) is 69.8 Å². The van der Waals surface area contributed by atoms with E-state index in [1.54, 1.807) is 11.3 Å². The fraction of sp³-hybridized carbons (Fsp3) is 0.455. The predicted molar refractivity (Wildman–Crippen MR) is 112 cm³/mol. The largest absolute Gasteiger partial charge is 0.339 e. The molecule has 0 saturated heterocycles. The van der Waals surface area contributed by atoms with Gasteiger partial charge in [-0.25, -0.2) is 0 Å². The molecule has 4 nitrogen and oxygen atoms in total. The van der Waals surface area contributed by atoms with E-state index in [2.05, 4.69) is 5.32 Å². The minimum Gasteiger partial charge on any atom is -0.339 e. The Kier molecular flexibility index (Phi) is 6.32. The molecule has 0 bridgehead atoms. The van der Waals surface area contributed by atoms with Crippen LogP contribution in [0.2, 0.25) is 0 Å². The van der Waals surface area contributed by atoms with Gasteiger partial charge in [-0.2, -0.15) is 0 Å². The van der Waals surface area contributed by atoms with Crippen LogP contribution in [0.25, 0.3) is 0 Å². The Bertz CT molecular complexity index is 837. The van der Waals surface area contributed by atoms with Crippen LogP contribution in [0.3, 0.4) is 0 Å². The molecule has 1 N–H and O–H groups in total. The van der Waals surface area contributed by atoms with Crippen LogP contribution < -0.4 is 5.32 Å². The number of aryl methyl sites for hydroxylation is 2. The highest BCUT2D eigenvalue weighted by Crippen LogP contribution is 2.38. The summed E-state index contributed by atoms with van der Waals surface area (Å²) >= 11 is 1.59. The first kappa shape index (κ1) is 19.6. The molecule has 0 saturated carbocycles. The average molecular weight is 385 g/mol. The van der Waals surface area contributed by atoms with Gasteiger partial charge in [-0.1, -0.05) is 24.6 Å². The summed E-state index contributed by atoms with van der Waals surface area (Å²) < 4.78 is 0. The van der Waals surface area contributed by atoms with E-state index < -0.39 is 0 Å². The van der Waals surface area contributed by atoms with Gasteiger partial charge in [0, 0.05) is 23.5 Å². The second-order valence-corrected chi connectivity index (χ2v) is 8.12. The summed E-state index contributed by atoms with van der Waals surface area (Å²) in [5, 5.41) is 3.78. The molecule has 5 heteroatoms. The molecule has 0 unspecified atom stereocenters. The molecule has 1 aromatic heterocycles. The van der Waals surface area contributed by atoms with E-state index in [0.717, 1.165) is 42.4 Å². The number of fused-ring (bicyclic) bond motifs is 1. The lowest BCUT2D eigenvalue weighted by atomic mass is 10.0. The van der Waals surface area contributed by atoms with Crippen LogP contribution in [0.15, 0.2) is 24.3 Å². The number of rotatable bonds is 5. The molecular weight excluding hydrogens is 356 g/mol. The fourth-order valence-electron chi connectivity index (χ4n) is 3.72. The molecule has 1 heterocycles. The van der Waals surface area contributed by atoms with Crippen LogP contribution in [-0.2, 0) is 12.8 Å². The van der Waals surface area contributed by atoms with E-state index in [4.69, 9.17) is 0 Å². The zero-order chi connectivity index (χ0) is 19.4. The maximum Gasteiger partial charge on any atom is 0.257 e. The van der Waals surface area contributed by atoms with Crippen LogP contribution in [-0.4, -0.2) is 29.8 Å². The quantitative estimate of drug-likeness (QED) is 0.733. The summed E-state index contributed by atoms with van der Waals surface area (Å²) in [5.41, 5.74) is 3.48. The number of anilines is 1. The van der Waals surface area contributed by atoms with E-state index in [1.807, 2.05) is 49.9 Å². The van der Waals surface area contributed by atoms with Crippen molar-refractivity contribution in [1.29, 1.82) is 0 Å². The Morgan fingerprint density at radius 2 is 1.78 bits per heavy atom. The van der Waals surface area contributed by atoms with Crippen molar-refractivity contribution in [2.45, 2.75) is 52.9 Å². The third kappa shape index (κ3) is 4.08. The van der Waals surface area contributed by atoms with Crippen molar-refractivity contribution in [1.82, 2.24) is 4.90 Å². The lowest BCUT2D eigenvalue weighted by Gasteiger charge is -2.20. The van der Waals surface area contributed by atoms with Gasteiger partial charge in [0.25, 0.3) is 11.8 Å². The molecule has 2 amide bonds. The first-order valence-electron chi connectivity index (χ1n) is 9.87. The number of thiophene rings is 1. The molecule has 2 aromatic rings. The third-order valence-corrected chi connectivity index (χ3v) is 6.51. The van der Waals surface area contributed by atoms with Gasteiger partial charge in [-0.3, -0.25) is 9.59 Å². The van der Waals surface area contributed by atoms with Crippen LogP contribution >= 0.6 is 11.3 Å². The number of amides is 2. The molecule has 0 spiro atoms. The molecule has 1 aliphatic carbocycles.